The Bertz CT molecular complexity index is 1520. The molecule has 4 saturated heterocycles. The number of fused-ring (bicyclic) bond motifs is 2. The Morgan fingerprint density at radius 3 is 1.90 bits per heavy atom. The van der Waals surface area contributed by atoms with Crippen molar-refractivity contribution in [3.05, 3.63) is 48.5 Å². The van der Waals surface area contributed by atoms with Crippen molar-refractivity contribution in [1.29, 1.82) is 0 Å². The number of piperazine rings is 1. The van der Waals surface area contributed by atoms with Crippen LogP contribution in [0.3, 0.4) is 0 Å². The molecule has 2 amide bonds. The number of aliphatic hydroxyl groups excluding tert-OH is 2. The fourth-order valence-electron chi connectivity index (χ4n) is 7.41. The summed E-state index contributed by atoms with van der Waals surface area (Å²) in [5.74, 6) is 1.52. The van der Waals surface area contributed by atoms with Gasteiger partial charge in [0.25, 0.3) is 0 Å². The largest absolute Gasteiger partial charge is 0.394 e. The van der Waals surface area contributed by atoms with E-state index in [0.717, 1.165) is 68.8 Å². The first-order chi connectivity index (χ1) is 23.4. The van der Waals surface area contributed by atoms with Crippen LogP contribution in [0, 0.1) is 0 Å². The molecule has 2 aromatic carbocycles. The predicted octanol–water partition coefficient (Wildman–Crippen LogP) is 3.40. The zero-order valence-electron chi connectivity index (χ0n) is 27.8. The number of nitrogens with one attached hydrogen (secondary N) is 2. The number of aromatic nitrogens is 3. The summed E-state index contributed by atoms with van der Waals surface area (Å²) in [6, 6.07) is 15.3. The molecular formula is C35H47N9O4. The van der Waals surface area contributed by atoms with Crippen molar-refractivity contribution in [2.24, 2.45) is 0 Å². The van der Waals surface area contributed by atoms with Gasteiger partial charge in [0, 0.05) is 67.9 Å². The number of amides is 2. The zero-order valence-corrected chi connectivity index (χ0v) is 27.8. The molecule has 7 rings (SSSR count). The van der Waals surface area contributed by atoms with Crippen LogP contribution in [-0.2, 0) is 4.74 Å². The number of urea groups is 1. The summed E-state index contributed by atoms with van der Waals surface area (Å²) in [5, 5.41) is 26.1. The minimum Gasteiger partial charge on any atom is -0.394 e. The van der Waals surface area contributed by atoms with Gasteiger partial charge in [0.15, 0.2) is 5.82 Å². The third-order valence-electron chi connectivity index (χ3n) is 10.1. The molecule has 256 valence electrons. The lowest BCUT2D eigenvalue weighted by Crippen LogP contribution is -2.48. The maximum Gasteiger partial charge on any atom is 0.323 e. The first kappa shape index (κ1) is 32.5. The summed E-state index contributed by atoms with van der Waals surface area (Å²) in [7, 11) is 0. The highest BCUT2D eigenvalue weighted by molar-refractivity contribution is 6.00. The Hall–Kier alpha value is -4.04. The first-order valence-corrected chi connectivity index (χ1v) is 17.3. The van der Waals surface area contributed by atoms with Gasteiger partial charge in [0.05, 0.1) is 37.5 Å². The normalized spacial score (nSPS) is 24.4. The van der Waals surface area contributed by atoms with E-state index >= 15 is 0 Å². The summed E-state index contributed by atoms with van der Waals surface area (Å²) in [6.45, 7) is 9.90. The number of benzene rings is 2. The number of rotatable bonds is 9. The number of carbonyl (C=O) groups excluding carboxylic acids is 1. The number of hydrogen-bond acceptors (Lipinski definition) is 11. The van der Waals surface area contributed by atoms with Crippen LogP contribution in [-0.4, -0.2) is 119 Å². The van der Waals surface area contributed by atoms with Gasteiger partial charge in [-0.3, -0.25) is 4.90 Å². The molecule has 5 heterocycles. The zero-order chi connectivity index (χ0) is 33.2. The molecule has 0 spiro atoms. The quantitative estimate of drug-likeness (QED) is 0.269. The third kappa shape index (κ3) is 7.05. The van der Waals surface area contributed by atoms with Crippen molar-refractivity contribution in [3.63, 3.8) is 0 Å². The van der Waals surface area contributed by atoms with E-state index in [1.807, 2.05) is 41.3 Å². The van der Waals surface area contributed by atoms with Gasteiger partial charge < -0.3 is 40.3 Å². The van der Waals surface area contributed by atoms with Gasteiger partial charge in [-0.1, -0.05) is 0 Å². The van der Waals surface area contributed by atoms with Crippen molar-refractivity contribution >= 4 is 35.0 Å². The molecule has 48 heavy (non-hydrogen) atoms. The molecule has 1 aromatic heterocycles. The molecular weight excluding hydrogens is 610 g/mol. The van der Waals surface area contributed by atoms with Crippen LogP contribution in [0.25, 0.3) is 11.4 Å². The van der Waals surface area contributed by atoms with Crippen LogP contribution >= 0.6 is 0 Å². The number of anilines is 5. The maximum absolute atomic E-state index is 12.9. The van der Waals surface area contributed by atoms with E-state index in [9.17, 15) is 15.0 Å². The Balaban J connectivity index is 1.04. The van der Waals surface area contributed by atoms with Crippen molar-refractivity contribution in [2.75, 3.05) is 77.8 Å². The topological polar surface area (TPSA) is 142 Å². The second kappa shape index (κ2) is 14.2. The summed E-state index contributed by atoms with van der Waals surface area (Å²) in [4.78, 5) is 36.5. The molecule has 4 aliphatic rings. The van der Waals surface area contributed by atoms with Gasteiger partial charge in [-0.05, 0) is 88.1 Å². The molecule has 4 atom stereocenters. The van der Waals surface area contributed by atoms with Crippen LogP contribution in [0.1, 0.15) is 39.5 Å². The van der Waals surface area contributed by atoms with Crippen molar-refractivity contribution in [2.45, 2.75) is 69.9 Å². The van der Waals surface area contributed by atoms with E-state index in [4.69, 9.17) is 19.7 Å². The molecule has 13 heteroatoms. The number of morpholine rings is 1. The summed E-state index contributed by atoms with van der Waals surface area (Å²) >= 11 is 0. The van der Waals surface area contributed by atoms with Crippen LogP contribution < -0.4 is 25.3 Å². The Morgan fingerprint density at radius 2 is 1.33 bits per heavy atom. The standard InChI is InChI=1S/C35H47N9O4/c1-23(2)41-15-17-42(18-16-41)27-9-7-26(8-10-27)37-35(47)36-25-5-3-24(4-6-25)32-38-33(43-19-30-13-14-31(20-43)48-30)40-34(39-32)44-28(21-45)11-12-29(44)22-46/h3-10,23,28-31,45-46H,11-22H2,1-2H3,(H2,36,37,47)/t28-,29+,30?,31?. The van der Waals surface area contributed by atoms with Gasteiger partial charge >= 0.3 is 6.03 Å². The van der Waals surface area contributed by atoms with E-state index in [1.165, 1.54) is 0 Å². The average Bonchev–Trinajstić information content (AvgIpc) is 3.70. The summed E-state index contributed by atoms with van der Waals surface area (Å²) < 4.78 is 6.05. The third-order valence-corrected chi connectivity index (χ3v) is 10.1. The minimum absolute atomic E-state index is 0.0448. The fourth-order valence-corrected chi connectivity index (χ4v) is 7.41. The summed E-state index contributed by atoms with van der Waals surface area (Å²) in [5.41, 5.74) is 3.29. The highest BCUT2D eigenvalue weighted by atomic mass is 16.5. The van der Waals surface area contributed by atoms with E-state index in [-0.39, 0.29) is 43.5 Å². The molecule has 4 fully saturated rings. The fraction of sp³-hybridized carbons (Fsp3) is 0.543. The molecule has 0 radical (unpaired) electrons. The van der Waals surface area contributed by atoms with Crippen LogP contribution in [0.2, 0.25) is 0 Å². The van der Waals surface area contributed by atoms with Crippen LogP contribution in [0.15, 0.2) is 48.5 Å². The lowest BCUT2D eigenvalue weighted by Gasteiger charge is -2.38. The molecule has 3 aromatic rings. The Labute approximate surface area is 281 Å². The lowest BCUT2D eigenvalue weighted by molar-refractivity contribution is 0.0299. The first-order valence-electron chi connectivity index (χ1n) is 17.3. The van der Waals surface area contributed by atoms with Gasteiger partial charge in [-0.15, -0.1) is 0 Å². The molecule has 0 saturated carbocycles. The molecule has 2 bridgehead atoms. The Morgan fingerprint density at radius 1 is 0.771 bits per heavy atom. The summed E-state index contributed by atoms with van der Waals surface area (Å²) in [6.07, 6.45) is 3.88. The number of hydrogen-bond donors (Lipinski definition) is 4. The van der Waals surface area contributed by atoms with Crippen molar-refractivity contribution < 1.29 is 19.7 Å². The second-order valence-electron chi connectivity index (χ2n) is 13.6. The van der Waals surface area contributed by atoms with E-state index in [0.29, 0.717) is 42.5 Å². The average molecular weight is 658 g/mol. The maximum atomic E-state index is 12.9. The van der Waals surface area contributed by atoms with Gasteiger partial charge in [-0.2, -0.15) is 15.0 Å². The minimum atomic E-state index is -0.327. The molecule has 4 N–H and O–H groups in total. The number of aliphatic hydroxyl groups is 2. The van der Waals surface area contributed by atoms with Crippen LogP contribution in [0.4, 0.5) is 33.8 Å². The van der Waals surface area contributed by atoms with Crippen LogP contribution in [0.5, 0.6) is 0 Å². The van der Waals surface area contributed by atoms with E-state index in [2.05, 4.69) is 51.3 Å². The second-order valence-corrected chi connectivity index (χ2v) is 13.6. The SMILES string of the molecule is CC(C)N1CCN(c2ccc(NC(=O)Nc3ccc(-c4nc(N5CC6CCC(C5)O6)nc(N5[C@H](CO)CC[C@@H]5CO)n4)cc3)cc2)CC1. The highest BCUT2D eigenvalue weighted by Crippen LogP contribution is 2.33. The molecule has 4 aliphatic heterocycles. The lowest BCUT2D eigenvalue weighted by atomic mass is 10.2. The van der Waals surface area contributed by atoms with E-state index in [1.54, 1.807) is 0 Å². The number of carbonyl (C=O) groups is 1. The number of nitrogens with zero attached hydrogens (tertiary/aromatic N) is 7. The predicted molar refractivity (Wildman–Crippen MR) is 187 cm³/mol. The van der Waals surface area contributed by atoms with Gasteiger partial charge in [-0.25, -0.2) is 4.79 Å². The molecule has 0 aliphatic carbocycles. The van der Waals surface area contributed by atoms with Gasteiger partial charge in [0.1, 0.15) is 0 Å². The monoisotopic (exact) mass is 657 g/mol. The number of ether oxygens (including phenoxy) is 1. The Kier molecular flexibility index (Phi) is 9.62. The molecule has 2 unspecified atom stereocenters. The van der Waals surface area contributed by atoms with Crippen molar-refractivity contribution in [3.8, 4) is 11.4 Å². The highest BCUT2D eigenvalue weighted by Gasteiger charge is 2.38. The smallest absolute Gasteiger partial charge is 0.323 e. The van der Waals surface area contributed by atoms with Gasteiger partial charge in [0.2, 0.25) is 11.9 Å². The molecule has 13 nitrogen and oxygen atoms in total. The van der Waals surface area contributed by atoms with E-state index < -0.39 is 0 Å². The van der Waals surface area contributed by atoms with Crippen molar-refractivity contribution in [1.82, 2.24) is 19.9 Å².